The number of thiazole rings is 1. The number of ether oxygens (including phenoxy) is 2. The van der Waals surface area contributed by atoms with Crippen LogP contribution in [0.2, 0.25) is 5.02 Å². The third-order valence-electron chi connectivity index (χ3n) is 5.28. The van der Waals surface area contributed by atoms with E-state index in [1.807, 2.05) is 0 Å². The van der Waals surface area contributed by atoms with Crippen molar-refractivity contribution < 1.29 is 37.0 Å². The number of aromatic nitrogens is 1. The number of aliphatic carboxylic acids is 1. The summed E-state index contributed by atoms with van der Waals surface area (Å²) in [6.45, 7) is 1.05. The summed E-state index contributed by atoms with van der Waals surface area (Å²) in [7, 11) is -3.77. The van der Waals surface area contributed by atoms with Gasteiger partial charge in [-0.1, -0.05) is 23.7 Å². The van der Waals surface area contributed by atoms with Gasteiger partial charge < -0.3 is 14.6 Å². The van der Waals surface area contributed by atoms with E-state index in [0.29, 0.717) is 13.2 Å². The van der Waals surface area contributed by atoms with Crippen LogP contribution in [0.1, 0.15) is 17.4 Å². The molecular formula is C23H21ClFN3O7S2. The quantitative estimate of drug-likeness (QED) is 0.400. The molecule has 1 aromatic heterocycles. The molecule has 0 saturated carbocycles. The lowest BCUT2D eigenvalue weighted by molar-refractivity contribution is -0.136. The number of sulfonamides is 1. The fourth-order valence-electron chi connectivity index (χ4n) is 3.49. The Morgan fingerprint density at radius 2 is 1.92 bits per heavy atom. The van der Waals surface area contributed by atoms with Gasteiger partial charge >= 0.3 is 5.97 Å². The minimum Gasteiger partial charge on any atom is -0.481 e. The maximum atomic E-state index is 14.5. The summed E-state index contributed by atoms with van der Waals surface area (Å²) < 4.78 is 52.6. The van der Waals surface area contributed by atoms with Gasteiger partial charge in [0.2, 0.25) is 16.1 Å². The standard InChI is InChI=1S/C23H21ClFN3O7S2/c24-15-3-6-19(18(25)11-15)35-21(22(31)27-23-26-16(13-36-23)12-20(29)30)14-1-4-17(5-2-14)37(32,33)28-7-9-34-10-8-28/h1-6,11,13,21H,7-10,12H2,(H,29,30)(H,26,27,31). The number of rotatable bonds is 9. The van der Waals surface area contributed by atoms with Crippen molar-refractivity contribution in [3.63, 3.8) is 0 Å². The molecule has 0 bridgehead atoms. The van der Waals surface area contributed by atoms with Crippen LogP contribution in [0, 0.1) is 5.82 Å². The highest BCUT2D eigenvalue weighted by Gasteiger charge is 2.29. The highest BCUT2D eigenvalue weighted by molar-refractivity contribution is 7.89. The predicted molar refractivity (Wildman–Crippen MR) is 133 cm³/mol. The number of carbonyl (C=O) groups excluding carboxylic acids is 1. The van der Waals surface area contributed by atoms with Gasteiger partial charge in [-0.15, -0.1) is 11.3 Å². The van der Waals surface area contributed by atoms with Crippen LogP contribution >= 0.6 is 22.9 Å². The largest absolute Gasteiger partial charge is 0.481 e. The molecule has 4 rings (SSSR count). The van der Waals surface area contributed by atoms with Crippen molar-refractivity contribution in [1.82, 2.24) is 9.29 Å². The number of morpholine rings is 1. The Balaban J connectivity index is 1.61. The first-order valence-electron chi connectivity index (χ1n) is 10.9. The van der Waals surface area contributed by atoms with Gasteiger partial charge in [0, 0.05) is 29.1 Å². The summed E-state index contributed by atoms with van der Waals surface area (Å²) in [5, 5.41) is 13.2. The van der Waals surface area contributed by atoms with Crippen molar-refractivity contribution in [1.29, 1.82) is 0 Å². The Kier molecular flexibility index (Phi) is 8.39. The molecule has 1 fully saturated rings. The number of halogens is 2. The smallest absolute Gasteiger partial charge is 0.309 e. The summed E-state index contributed by atoms with van der Waals surface area (Å²) in [5.41, 5.74) is 0.502. The van der Waals surface area contributed by atoms with Crippen molar-refractivity contribution in [2.45, 2.75) is 17.4 Å². The Morgan fingerprint density at radius 1 is 1.22 bits per heavy atom. The topological polar surface area (TPSA) is 135 Å². The molecule has 2 aromatic carbocycles. The number of carbonyl (C=O) groups is 2. The number of carboxylic acid groups (broad SMARTS) is 1. The van der Waals surface area contributed by atoms with E-state index in [1.54, 1.807) is 0 Å². The van der Waals surface area contributed by atoms with E-state index in [4.69, 9.17) is 26.2 Å². The second-order valence-electron chi connectivity index (χ2n) is 7.86. The summed E-state index contributed by atoms with van der Waals surface area (Å²) in [5.74, 6) is -2.85. The molecule has 0 radical (unpaired) electrons. The summed E-state index contributed by atoms with van der Waals surface area (Å²) >= 11 is 6.83. The molecule has 1 saturated heterocycles. The first-order chi connectivity index (χ1) is 17.6. The number of anilines is 1. The zero-order valence-electron chi connectivity index (χ0n) is 19.1. The second-order valence-corrected chi connectivity index (χ2v) is 11.1. The van der Waals surface area contributed by atoms with Crippen LogP contribution in [0.4, 0.5) is 9.52 Å². The van der Waals surface area contributed by atoms with Crippen LogP contribution < -0.4 is 10.1 Å². The molecule has 0 aliphatic carbocycles. The zero-order valence-corrected chi connectivity index (χ0v) is 21.5. The van der Waals surface area contributed by atoms with E-state index in [9.17, 15) is 22.4 Å². The number of nitrogens with zero attached hydrogens (tertiary/aromatic N) is 2. The first-order valence-corrected chi connectivity index (χ1v) is 13.6. The molecular weight excluding hydrogens is 549 g/mol. The Labute approximate surface area is 220 Å². The van der Waals surface area contributed by atoms with Gasteiger partial charge in [0.15, 0.2) is 16.7 Å². The summed E-state index contributed by atoms with van der Waals surface area (Å²) in [6, 6.07) is 9.19. The van der Waals surface area contributed by atoms with Gasteiger partial charge in [-0.3, -0.25) is 14.9 Å². The average Bonchev–Trinajstić information content (AvgIpc) is 3.30. The van der Waals surface area contributed by atoms with Gasteiger partial charge in [0.05, 0.1) is 30.2 Å². The second kappa shape index (κ2) is 11.5. The molecule has 2 N–H and O–H groups in total. The van der Waals surface area contributed by atoms with Gasteiger partial charge in [-0.25, -0.2) is 17.8 Å². The molecule has 1 aliphatic heterocycles. The molecule has 1 atom stereocenters. The minimum atomic E-state index is -3.77. The molecule has 1 amide bonds. The average molecular weight is 570 g/mol. The number of benzene rings is 2. The molecule has 1 aliphatic rings. The lowest BCUT2D eigenvalue weighted by Crippen LogP contribution is -2.40. The van der Waals surface area contributed by atoms with Crippen LogP contribution in [-0.4, -0.2) is 61.0 Å². The number of hydrogen-bond donors (Lipinski definition) is 2. The third kappa shape index (κ3) is 6.62. The number of nitrogens with one attached hydrogen (secondary N) is 1. The summed E-state index contributed by atoms with van der Waals surface area (Å²) in [4.78, 5) is 28.2. The van der Waals surface area contributed by atoms with E-state index >= 15 is 0 Å². The maximum Gasteiger partial charge on any atom is 0.309 e. The van der Waals surface area contributed by atoms with Crippen molar-refractivity contribution in [3.05, 3.63) is 69.9 Å². The van der Waals surface area contributed by atoms with Gasteiger partial charge in [0.1, 0.15) is 0 Å². The molecule has 1 unspecified atom stereocenters. The molecule has 196 valence electrons. The van der Waals surface area contributed by atoms with E-state index in [0.717, 1.165) is 17.4 Å². The van der Waals surface area contributed by atoms with Crippen LogP contribution in [0.15, 0.2) is 52.7 Å². The number of carboxylic acids is 1. The maximum absolute atomic E-state index is 14.5. The number of amides is 1. The van der Waals surface area contributed by atoms with Gasteiger partial charge in [-0.2, -0.15) is 4.31 Å². The molecule has 3 aromatic rings. The molecule has 2 heterocycles. The van der Waals surface area contributed by atoms with Gasteiger partial charge in [-0.05, 0) is 30.3 Å². The van der Waals surface area contributed by atoms with E-state index in [1.165, 1.54) is 46.1 Å². The number of hydrogen-bond acceptors (Lipinski definition) is 8. The molecule has 14 heteroatoms. The first kappa shape index (κ1) is 26.9. The van der Waals surface area contributed by atoms with Crippen molar-refractivity contribution in [2.24, 2.45) is 0 Å². The lowest BCUT2D eigenvalue weighted by Gasteiger charge is -2.26. The normalized spacial score (nSPS) is 15.2. The van der Waals surface area contributed by atoms with Crippen LogP contribution in [0.25, 0.3) is 0 Å². The monoisotopic (exact) mass is 569 g/mol. The highest BCUT2D eigenvalue weighted by atomic mass is 35.5. The van der Waals surface area contributed by atoms with Crippen molar-refractivity contribution in [2.75, 3.05) is 31.6 Å². The highest BCUT2D eigenvalue weighted by Crippen LogP contribution is 2.29. The lowest BCUT2D eigenvalue weighted by atomic mass is 10.1. The Bertz CT molecular complexity index is 1390. The zero-order chi connectivity index (χ0) is 26.6. The van der Waals surface area contributed by atoms with E-state index < -0.39 is 33.8 Å². The molecule has 37 heavy (non-hydrogen) atoms. The van der Waals surface area contributed by atoms with Crippen molar-refractivity contribution >= 4 is 50.0 Å². The fraction of sp³-hybridized carbons (Fsp3) is 0.261. The SMILES string of the molecule is O=C(O)Cc1csc(NC(=O)C(Oc2ccc(Cl)cc2F)c2ccc(S(=O)(=O)N3CCOCC3)cc2)n1. The van der Waals surface area contributed by atoms with Crippen molar-refractivity contribution in [3.8, 4) is 5.75 Å². The third-order valence-corrected chi connectivity index (χ3v) is 8.24. The summed E-state index contributed by atoms with van der Waals surface area (Å²) in [6.07, 6.45) is -1.72. The fourth-order valence-corrected chi connectivity index (χ4v) is 5.77. The van der Waals surface area contributed by atoms with E-state index in [-0.39, 0.29) is 51.6 Å². The van der Waals surface area contributed by atoms with Gasteiger partial charge in [0.25, 0.3) is 5.91 Å². The Hall–Kier alpha value is -3.10. The minimum absolute atomic E-state index is 0.0215. The molecule has 0 spiro atoms. The molecule has 10 nitrogen and oxygen atoms in total. The van der Waals surface area contributed by atoms with E-state index in [2.05, 4.69) is 10.3 Å². The van der Waals surface area contributed by atoms with Crippen LogP contribution in [0.5, 0.6) is 5.75 Å². The van der Waals surface area contributed by atoms with Crippen LogP contribution in [0.3, 0.4) is 0 Å². The Morgan fingerprint density at radius 3 is 2.57 bits per heavy atom. The van der Waals surface area contributed by atoms with Crippen LogP contribution in [-0.2, 0) is 30.8 Å². The predicted octanol–water partition coefficient (Wildman–Crippen LogP) is 3.34.